The molecule has 0 aliphatic rings. The lowest BCUT2D eigenvalue weighted by atomic mass is 10.2. The highest BCUT2D eigenvalue weighted by Gasteiger charge is 2.15. The van der Waals surface area contributed by atoms with Gasteiger partial charge in [0.05, 0.1) is 5.75 Å². The largest absolute Gasteiger partial charge is 0.378 e. The number of thioether (sulfide) groups is 1. The van der Waals surface area contributed by atoms with Crippen molar-refractivity contribution in [1.29, 1.82) is 0 Å². The van der Waals surface area contributed by atoms with Crippen molar-refractivity contribution in [3.05, 3.63) is 30.1 Å². The summed E-state index contributed by atoms with van der Waals surface area (Å²) >= 11 is 1.43. The zero-order chi connectivity index (χ0) is 18.4. The number of carbonyl (C=O) groups excluding carboxylic acids is 1. The Morgan fingerprint density at radius 1 is 1.24 bits per heavy atom. The van der Waals surface area contributed by atoms with Gasteiger partial charge in [0.2, 0.25) is 5.91 Å². The molecule has 0 fully saturated rings. The van der Waals surface area contributed by atoms with Crippen molar-refractivity contribution in [1.82, 2.24) is 14.8 Å². The van der Waals surface area contributed by atoms with Crippen LogP contribution in [0.5, 0.6) is 0 Å². The van der Waals surface area contributed by atoms with E-state index in [1.54, 1.807) is 0 Å². The van der Waals surface area contributed by atoms with Gasteiger partial charge in [-0.15, -0.1) is 10.2 Å². The van der Waals surface area contributed by atoms with Gasteiger partial charge in [-0.05, 0) is 30.7 Å². The van der Waals surface area contributed by atoms with Crippen LogP contribution in [0.4, 0.5) is 11.4 Å². The van der Waals surface area contributed by atoms with Gasteiger partial charge in [-0.2, -0.15) is 0 Å². The predicted molar refractivity (Wildman–Crippen MR) is 105 cm³/mol. The van der Waals surface area contributed by atoms with Crippen LogP contribution < -0.4 is 10.2 Å². The maximum atomic E-state index is 12.2. The van der Waals surface area contributed by atoms with E-state index < -0.39 is 0 Å². The molecular weight excluding hydrogens is 334 g/mol. The topological polar surface area (TPSA) is 63.1 Å². The second-order valence-electron chi connectivity index (χ2n) is 6.43. The number of anilines is 2. The summed E-state index contributed by atoms with van der Waals surface area (Å²) in [5, 5.41) is 12.3. The number of hydrogen-bond acceptors (Lipinski definition) is 5. The maximum absolute atomic E-state index is 12.2. The highest BCUT2D eigenvalue weighted by Crippen LogP contribution is 2.22. The van der Waals surface area contributed by atoms with Crippen LogP contribution in [0.15, 0.2) is 29.4 Å². The fraction of sp³-hybridized carbons (Fsp3) is 0.500. The number of nitrogens with one attached hydrogen (secondary N) is 1. The molecule has 0 spiro atoms. The van der Waals surface area contributed by atoms with Crippen molar-refractivity contribution < 1.29 is 4.79 Å². The van der Waals surface area contributed by atoms with E-state index in [0.29, 0.717) is 11.7 Å². The third-order valence-electron chi connectivity index (χ3n) is 3.71. The summed E-state index contributed by atoms with van der Waals surface area (Å²) in [7, 11) is 3.98. The van der Waals surface area contributed by atoms with E-state index in [-0.39, 0.29) is 5.91 Å². The Hall–Kier alpha value is -2.02. The van der Waals surface area contributed by atoms with E-state index in [0.717, 1.165) is 35.3 Å². The van der Waals surface area contributed by atoms with Crippen molar-refractivity contribution in [2.75, 3.05) is 30.1 Å². The van der Waals surface area contributed by atoms with Crippen molar-refractivity contribution in [2.45, 2.75) is 44.8 Å². The van der Waals surface area contributed by atoms with E-state index in [4.69, 9.17) is 0 Å². The molecule has 6 nitrogen and oxygen atoms in total. The number of benzene rings is 1. The van der Waals surface area contributed by atoms with Gasteiger partial charge in [0, 0.05) is 37.9 Å². The average Bonchev–Trinajstić information content (AvgIpc) is 2.97. The number of amides is 1. The third-order valence-corrected chi connectivity index (χ3v) is 4.68. The minimum atomic E-state index is -0.0419. The molecule has 0 saturated carbocycles. The second kappa shape index (κ2) is 8.89. The fourth-order valence-corrected chi connectivity index (χ4v) is 3.21. The Bertz CT molecular complexity index is 694. The average molecular weight is 362 g/mol. The molecule has 0 unspecified atom stereocenters. The number of aromatic nitrogens is 3. The molecule has 1 heterocycles. The van der Waals surface area contributed by atoms with Gasteiger partial charge in [-0.3, -0.25) is 4.79 Å². The van der Waals surface area contributed by atoms with Crippen molar-refractivity contribution in [2.24, 2.45) is 0 Å². The van der Waals surface area contributed by atoms with E-state index in [1.807, 2.05) is 43.3 Å². The quantitative estimate of drug-likeness (QED) is 0.728. The normalized spacial score (nSPS) is 11.0. The van der Waals surface area contributed by atoms with Gasteiger partial charge < -0.3 is 14.8 Å². The summed E-state index contributed by atoms with van der Waals surface area (Å²) in [6.45, 7) is 7.21. The highest BCUT2D eigenvalue weighted by molar-refractivity contribution is 7.99. The molecule has 25 heavy (non-hydrogen) atoms. The van der Waals surface area contributed by atoms with Crippen LogP contribution in [0.3, 0.4) is 0 Å². The van der Waals surface area contributed by atoms with Crippen LogP contribution in [0.1, 0.15) is 38.9 Å². The molecule has 2 rings (SSSR count). The minimum absolute atomic E-state index is 0.0419. The van der Waals surface area contributed by atoms with E-state index in [9.17, 15) is 4.79 Å². The van der Waals surface area contributed by atoms with Gasteiger partial charge in [-0.25, -0.2) is 0 Å². The lowest BCUT2D eigenvalue weighted by molar-refractivity contribution is -0.113. The molecule has 0 atom stereocenters. The fourth-order valence-electron chi connectivity index (χ4n) is 2.44. The number of carbonyl (C=O) groups is 1. The molecule has 0 aliphatic carbocycles. The minimum Gasteiger partial charge on any atom is -0.378 e. The van der Waals surface area contributed by atoms with Crippen molar-refractivity contribution in [3.8, 4) is 0 Å². The molecule has 136 valence electrons. The first-order valence-corrected chi connectivity index (χ1v) is 9.54. The molecule has 0 radical (unpaired) electrons. The summed E-state index contributed by atoms with van der Waals surface area (Å²) in [6.07, 6.45) is 1.01. The van der Waals surface area contributed by atoms with Crippen LogP contribution in [-0.4, -0.2) is 40.5 Å². The summed E-state index contributed by atoms with van der Waals surface area (Å²) in [5.74, 6) is 1.57. The SMILES string of the molecule is CCCn1c(SCC(=O)Nc2ccc(N(C)C)cc2)nnc1C(C)C. The molecule has 0 aliphatic heterocycles. The monoisotopic (exact) mass is 361 g/mol. The molecule has 1 aromatic heterocycles. The van der Waals surface area contributed by atoms with Crippen LogP contribution in [-0.2, 0) is 11.3 Å². The van der Waals surface area contributed by atoms with Crippen molar-refractivity contribution >= 4 is 29.0 Å². The summed E-state index contributed by atoms with van der Waals surface area (Å²) < 4.78 is 2.12. The Balaban J connectivity index is 1.95. The molecule has 7 heteroatoms. The van der Waals surface area contributed by atoms with Crippen LogP contribution in [0, 0.1) is 0 Å². The second-order valence-corrected chi connectivity index (χ2v) is 7.37. The lowest BCUT2D eigenvalue weighted by Crippen LogP contribution is -2.15. The first kappa shape index (κ1) is 19.3. The molecule has 1 N–H and O–H groups in total. The molecular formula is C18H27N5OS. The van der Waals surface area contributed by atoms with Crippen LogP contribution in [0.25, 0.3) is 0 Å². The maximum Gasteiger partial charge on any atom is 0.234 e. The predicted octanol–water partition coefficient (Wildman–Crippen LogP) is 3.61. The molecule has 2 aromatic rings. The van der Waals surface area contributed by atoms with Gasteiger partial charge >= 0.3 is 0 Å². The summed E-state index contributed by atoms with van der Waals surface area (Å²) in [5.41, 5.74) is 1.90. The van der Waals surface area contributed by atoms with Crippen molar-refractivity contribution in [3.63, 3.8) is 0 Å². The van der Waals surface area contributed by atoms with Crippen LogP contribution >= 0.6 is 11.8 Å². The zero-order valence-corrected chi connectivity index (χ0v) is 16.4. The van der Waals surface area contributed by atoms with Gasteiger partial charge in [0.25, 0.3) is 0 Å². The Labute approximate surface area is 154 Å². The van der Waals surface area contributed by atoms with Gasteiger partial charge in [-0.1, -0.05) is 32.5 Å². The first-order valence-electron chi connectivity index (χ1n) is 8.55. The van der Waals surface area contributed by atoms with E-state index in [1.165, 1.54) is 11.8 Å². The molecule has 1 aromatic carbocycles. The first-order chi connectivity index (χ1) is 11.9. The Morgan fingerprint density at radius 2 is 1.92 bits per heavy atom. The number of nitrogens with zero attached hydrogens (tertiary/aromatic N) is 4. The van der Waals surface area contributed by atoms with E-state index in [2.05, 4.69) is 40.9 Å². The lowest BCUT2D eigenvalue weighted by Gasteiger charge is -2.13. The molecule has 0 bridgehead atoms. The number of hydrogen-bond donors (Lipinski definition) is 1. The highest BCUT2D eigenvalue weighted by atomic mass is 32.2. The van der Waals surface area contributed by atoms with Crippen LogP contribution in [0.2, 0.25) is 0 Å². The number of rotatable bonds is 8. The van der Waals surface area contributed by atoms with Gasteiger partial charge in [0.1, 0.15) is 5.82 Å². The Kier molecular flexibility index (Phi) is 6.87. The zero-order valence-electron chi connectivity index (χ0n) is 15.6. The Morgan fingerprint density at radius 3 is 2.48 bits per heavy atom. The third kappa shape index (κ3) is 5.22. The molecule has 1 amide bonds. The van der Waals surface area contributed by atoms with Gasteiger partial charge in [0.15, 0.2) is 5.16 Å². The summed E-state index contributed by atoms with van der Waals surface area (Å²) in [6, 6.07) is 7.79. The summed E-state index contributed by atoms with van der Waals surface area (Å²) in [4.78, 5) is 14.2. The smallest absolute Gasteiger partial charge is 0.234 e. The molecule has 0 saturated heterocycles. The standard InChI is InChI=1S/C18H27N5OS/c1-6-11-23-17(13(2)3)20-21-18(23)25-12-16(24)19-14-7-9-15(10-8-14)22(4)5/h7-10,13H,6,11-12H2,1-5H3,(H,19,24). The van der Waals surface area contributed by atoms with E-state index >= 15 is 0 Å².